The van der Waals surface area contributed by atoms with Gasteiger partial charge in [-0.05, 0) is 31.1 Å². The topological polar surface area (TPSA) is 93.3 Å². The number of aromatic nitrogens is 2. The van der Waals surface area contributed by atoms with Gasteiger partial charge in [-0.25, -0.2) is 0 Å². The first-order valence-electron chi connectivity index (χ1n) is 9.46. The monoisotopic (exact) mass is 381 g/mol. The van der Waals surface area contributed by atoms with E-state index in [4.69, 9.17) is 0 Å². The Bertz CT molecular complexity index is 871. The Balaban J connectivity index is 1.68. The van der Waals surface area contributed by atoms with Crippen molar-refractivity contribution in [2.24, 2.45) is 0 Å². The van der Waals surface area contributed by atoms with Gasteiger partial charge in [-0.3, -0.25) is 9.89 Å². The van der Waals surface area contributed by atoms with Crippen molar-refractivity contribution in [3.63, 3.8) is 0 Å². The Morgan fingerprint density at radius 2 is 2.21 bits per heavy atom. The number of rotatable bonds is 8. The zero-order valence-electron chi connectivity index (χ0n) is 16.2. The van der Waals surface area contributed by atoms with Crippen LogP contribution in [-0.2, 0) is 17.8 Å². The first kappa shape index (κ1) is 19.7. The van der Waals surface area contributed by atoms with Crippen molar-refractivity contribution in [3.8, 4) is 0 Å². The van der Waals surface area contributed by atoms with Gasteiger partial charge in [0.15, 0.2) is 5.82 Å². The second kappa shape index (κ2) is 9.23. The third-order valence-electron chi connectivity index (χ3n) is 4.88. The van der Waals surface area contributed by atoms with E-state index < -0.39 is 0 Å². The molecule has 1 aliphatic heterocycles. The van der Waals surface area contributed by atoms with E-state index in [0.29, 0.717) is 19.6 Å². The second-order valence-electron chi connectivity index (χ2n) is 6.71. The van der Waals surface area contributed by atoms with E-state index >= 15 is 0 Å². The SMILES string of the molecule is C=CC(=O)NCCNc1n[nH]c2c1CCN(/C(=C/CO)c1ccccc1C)C2. The molecular formula is C21H27N5O2. The summed E-state index contributed by atoms with van der Waals surface area (Å²) in [6, 6.07) is 8.21. The summed E-state index contributed by atoms with van der Waals surface area (Å²) in [6.07, 6.45) is 3.98. The highest BCUT2D eigenvalue weighted by Crippen LogP contribution is 2.30. The molecule has 1 aliphatic rings. The van der Waals surface area contributed by atoms with Crippen LogP contribution in [-0.4, -0.2) is 52.4 Å². The maximum absolute atomic E-state index is 11.2. The van der Waals surface area contributed by atoms with Crippen molar-refractivity contribution in [2.45, 2.75) is 19.9 Å². The van der Waals surface area contributed by atoms with Crippen LogP contribution in [0.25, 0.3) is 5.70 Å². The summed E-state index contributed by atoms with van der Waals surface area (Å²) in [7, 11) is 0. The van der Waals surface area contributed by atoms with E-state index in [0.717, 1.165) is 35.7 Å². The maximum atomic E-state index is 11.2. The van der Waals surface area contributed by atoms with Crippen molar-refractivity contribution in [1.29, 1.82) is 0 Å². The first-order valence-corrected chi connectivity index (χ1v) is 9.46. The van der Waals surface area contributed by atoms with Gasteiger partial charge in [-0.2, -0.15) is 5.10 Å². The molecule has 0 saturated carbocycles. The number of nitrogens with zero attached hydrogens (tertiary/aromatic N) is 2. The lowest BCUT2D eigenvalue weighted by Crippen LogP contribution is -2.30. The molecule has 2 heterocycles. The van der Waals surface area contributed by atoms with E-state index in [1.165, 1.54) is 17.2 Å². The molecule has 0 aliphatic carbocycles. The lowest BCUT2D eigenvalue weighted by Gasteiger charge is -2.32. The first-order chi connectivity index (χ1) is 13.6. The number of hydrogen-bond donors (Lipinski definition) is 4. The third-order valence-corrected chi connectivity index (χ3v) is 4.88. The molecular weight excluding hydrogens is 354 g/mol. The summed E-state index contributed by atoms with van der Waals surface area (Å²) in [5.41, 5.74) is 5.61. The number of carbonyl (C=O) groups excluding carboxylic acids is 1. The molecule has 3 rings (SSSR count). The Kier molecular flexibility index (Phi) is 6.49. The van der Waals surface area contributed by atoms with Crippen LogP contribution >= 0.6 is 0 Å². The van der Waals surface area contributed by atoms with E-state index in [2.05, 4.69) is 51.4 Å². The van der Waals surface area contributed by atoms with Gasteiger partial charge in [-0.15, -0.1) is 0 Å². The summed E-state index contributed by atoms with van der Waals surface area (Å²) in [5.74, 6) is 0.659. The van der Waals surface area contributed by atoms with Crippen LogP contribution in [0, 0.1) is 6.92 Å². The number of aliphatic hydroxyl groups excluding tert-OH is 1. The molecule has 1 aromatic carbocycles. The predicted octanol–water partition coefficient (Wildman–Crippen LogP) is 1.82. The van der Waals surface area contributed by atoms with Gasteiger partial charge >= 0.3 is 0 Å². The van der Waals surface area contributed by atoms with Crippen LogP contribution in [0.5, 0.6) is 0 Å². The largest absolute Gasteiger partial charge is 0.392 e. The highest BCUT2D eigenvalue weighted by atomic mass is 16.2. The number of hydrogen-bond acceptors (Lipinski definition) is 5. The standard InChI is InChI=1S/C21H27N5O2/c1-3-20(28)22-10-11-23-21-17-8-12-26(14-18(17)24-25-21)19(9-13-27)16-7-5-4-6-15(16)2/h3-7,9,27H,1,8,10-14H2,2H3,(H,22,28)(H2,23,24,25)/b19-9+. The van der Waals surface area contributed by atoms with Gasteiger partial charge in [0.05, 0.1) is 18.8 Å². The fourth-order valence-corrected chi connectivity index (χ4v) is 3.46. The van der Waals surface area contributed by atoms with Crippen molar-refractivity contribution >= 4 is 17.4 Å². The number of carbonyl (C=O) groups is 1. The average Bonchev–Trinajstić information content (AvgIpc) is 3.12. The van der Waals surface area contributed by atoms with Crippen LogP contribution in [0.2, 0.25) is 0 Å². The molecule has 0 radical (unpaired) electrons. The number of nitrogens with one attached hydrogen (secondary N) is 3. The molecule has 7 heteroatoms. The lowest BCUT2D eigenvalue weighted by molar-refractivity contribution is -0.116. The summed E-state index contributed by atoms with van der Waals surface area (Å²) in [4.78, 5) is 13.5. The van der Waals surface area contributed by atoms with Crippen molar-refractivity contribution in [1.82, 2.24) is 20.4 Å². The smallest absolute Gasteiger partial charge is 0.243 e. The molecule has 0 atom stereocenters. The molecule has 4 N–H and O–H groups in total. The normalized spacial score (nSPS) is 13.8. The van der Waals surface area contributed by atoms with Crippen molar-refractivity contribution < 1.29 is 9.90 Å². The van der Waals surface area contributed by atoms with E-state index in [-0.39, 0.29) is 12.5 Å². The van der Waals surface area contributed by atoms with E-state index in [1.807, 2.05) is 18.2 Å². The fraction of sp³-hybridized carbons (Fsp3) is 0.333. The minimum absolute atomic E-state index is 0.000759. The van der Waals surface area contributed by atoms with Crippen LogP contribution in [0.3, 0.4) is 0 Å². The van der Waals surface area contributed by atoms with Crippen LogP contribution in [0.15, 0.2) is 43.0 Å². The lowest BCUT2D eigenvalue weighted by atomic mass is 10.0. The van der Waals surface area contributed by atoms with Crippen LogP contribution in [0.1, 0.15) is 22.4 Å². The highest BCUT2D eigenvalue weighted by Gasteiger charge is 2.24. The molecule has 0 fully saturated rings. The third kappa shape index (κ3) is 4.43. The molecule has 0 spiro atoms. The van der Waals surface area contributed by atoms with Gasteiger partial charge in [0.1, 0.15) is 0 Å². The minimum Gasteiger partial charge on any atom is -0.392 e. The Hall–Kier alpha value is -3.06. The molecule has 148 valence electrons. The van der Waals surface area contributed by atoms with Gasteiger partial charge in [0.2, 0.25) is 5.91 Å². The number of aliphatic hydroxyl groups is 1. The van der Waals surface area contributed by atoms with E-state index in [9.17, 15) is 9.90 Å². The zero-order chi connectivity index (χ0) is 19.9. The van der Waals surface area contributed by atoms with Gasteiger partial charge in [-0.1, -0.05) is 30.8 Å². The number of H-pyrrole nitrogens is 1. The van der Waals surface area contributed by atoms with Crippen LogP contribution < -0.4 is 10.6 Å². The molecule has 28 heavy (non-hydrogen) atoms. The quantitative estimate of drug-likeness (QED) is 0.413. The summed E-state index contributed by atoms with van der Waals surface area (Å²) in [5, 5.41) is 23.1. The second-order valence-corrected chi connectivity index (χ2v) is 6.71. The van der Waals surface area contributed by atoms with Gasteiger partial charge in [0, 0.05) is 36.5 Å². The molecule has 0 unspecified atom stereocenters. The molecule has 1 aromatic heterocycles. The summed E-state index contributed by atoms with van der Waals surface area (Å²) in [6.45, 7) is 8.17. The maximum Gasteiger partial charge on any atom is 0.243 e. The van der Waals surface area contributed by atoms with Gasteiger partial charge in [0.25, 0.3) is 0 Å². The van der Waals surface area contributed by atoms with Crippen LogP contribution in [0.4, 0.5) is 5.82 Å². The zero-order valence-corrected chi connectivity index (χ0v) is 16.2. The molecule has 0 saturated heterocycles. The Morgan fingerprint density at radius 1 is 1.39 bits per heavy atom. The Labute approximate surface area is 165 Å². The fourth-order valence-electron chi connectivity index (χ4n) is 3.46. The highest BCUT2D eigenvalue weighted by molar-refractivity contribution is 5.86. The number of aryl methyl sites for hydroxylation is 1. The molecule has 1 amide bonds. The molecule has 7 nitrogen and oxygen atoms in total. The minimum atomic E-state index is -0.180. The van der Waals surface area contributed by atoms with Crippen molar-refractivity contribution in [3.05, 3.63) is 65.4 Å². The number of amides is 1. The number of aromatic amines is 1. The number of benzene rings is 1. The number of anilines is 1. The van der Waals surface area contributed by atoms with Crippen molar-refractivity contribution in [2.75, 3.05) is 31.6 Å². The average molecular weight is 381 g/mol. The van der Waals surface area contributed by atoms with E-state index in [1.54, 1.807) is 0 Å². The van der Waals surface area contributed by atoms with Gasteiger partial charge < -0.3 is 20.6 Å². The Morgan fingerprint density at radius 3 is 2.96 bits per heavy atom. The summed E-state index contributed by atoms with van der Waals surface area (Å²) < 4.78 is 0. The molecule has 2 aromatic rings. The number of fused-ring (bicyclic) bond motifs is 1. The molecule has 0 bridgehead atoms. The summed E-state index contributed by atoms with van der Waals surface area (Å²) >= 11 is 0. The predicted molar refractivity (Wildman–Crippen MR) is 111 cm³/mol.